The van der Waals surface area contributed by atoms with Crippen LogP contribution in [-0.4, -0.2) is 82.5 Å². The van der Waals surface area contributed by atoms with Gasteiger partial charge >= 0.3 is 6.09 Å². The van der Waals surface area contributed by atoms with Gasteiger partial charge in [-0.05, 0) is 45.2 Å². The molecule has 2 aliphatic rings. The van der Waals surface area contributed by atoms with Crippen molar-refractivity contribution in [2.45, 2.75) is 49.8 Å². The molecule has 37 heavy (non-hydrogen) atoms. The Morgan fingerprint density at radius 1 is 1.16 bits per heavy atom. The smallest absolute Gasteiger partial charge is 0.410 e. The minimum Gasteiger partial charge on any atom is -0.465 e. The van der Waals surface area contributed by atoms with Crippen LogP contribution in [0.4, 0.5) is 15.7 Å². The van der Waals surface area contributed by atoms with Crippen molar-refractivity contribution in [3.63, 3.8) is 0 Å². The second kappa shape index (κ2) is 10.1. The Labute approximate surface area is 220 Å². The van der Waals surface area contributed by atoms with Crippen molar-refractivity contribution < 1.29 is 18.3 Å². The van der Waals surface area contributed by atoms with Crippen LogP contribution in [0.15, 0.2) is 22.4 Å². The zero-order valence-corrected chi connectivity index (χ0v) is 22.7. The number of amides is 1. The topological polar surface area (TPSA) is 141 Å². The van der Waals surface area contributed by atoms with Crippen molar-refractivity contribution in [2.24, 2.45) is 0 Å². The number of aryl methyl sites for hydroxylation is 2. The predicted molar refractivity (Wildman–Crippen MR) is 143 cm³/mol. The van der Waals surface area contributed by atoms with Gasteiger partial charge in [0.05, 0.1) is 11.2 Å². The highest BCUT2D eigenvalue weighted by Crippen LogP contribution is 2.39. The average molecular weight is 546 g/mol. The molecule has 2 fully saturated rings. The molecule has 13 heteroatoms. The molecule has 1 amide bonds. The number of nitrogens with one attached hydrogen (secondary N) is 2. The lowest BCUT2D eigenvalue weighted by Gasteiger charge is -2.35. The van der Waals surface area contributed by atoms with Crippen LogP contribution in [0.1, 0.15) is 42.8 Å². The number of piperazine rings is 1. The first-order valence-electron chi connectivity index (χ1n) is 12.4. The van der Waals surface area contributed by atoms with Gasteiger partial charge in [0.15, 0.2) is 9.34 Å². The number of anilines is 2. The summed E-state index contributed by atoms with van der Waals surface area (Å²) in [5.41, 5.74) is 2.43. The molecule has 1 atom stereocenters. The first-order valence-corrected chi connectivity index (χ1v) is 14.6. The van der Waals surface area contributed by atoms with Crippen LogP contribution < -0.4 is 10.6 Å². The van der Waals surface area contributed by atoms with E-state index in [0.717, 1.165) is 58.8 Å². The molecule has 0 bridgehead atoms. The van der Waals surface area contributed by atoms with E-state index in [-0.39, 0.29) is 15.4 Å². The van der Waals surface area contributed by atoms with Crippen molar-refractivity contribution in [3.05, 3.63) is 35.3 Å². The molecule has 0 spiro atoms. The quantitative estimate of drug-likeness (QED) is 0.388. The molecular weight excluding hydrogens is 514 g/mol. The summed E-state index contributed by atoms with van der Waals surface area (Å²) in [5, 5.41) is 15.7. The van der Waals surface area contributed by atoms with Crippen LogP contribution in [0.2, 0.25) is 0 Å². The summed E-state index contributed by atoms with van der Waals surface area (Å²) >= 11 is 0.842. The Balaban J connectivity index is 1.23. The molecule has 3 heterocycles. The van der Waals surface area contributed by atoms with E-state index in [1.165, 1.54) is 4.31 Å². The number of para-hydroxylation sites is 1. The molecule has 3 aromatic rings. The Morgan fingerprint density at radius 3 is 2.57 bits per heavy atom. The maximum atomic E-state index is 13.2. The molecule has 2 aromatic heterocycles. The number of fused-ring (bicyclic) bond motifs is 1. The third-order valence-electron chi connectivity index (χ3n) is 6.68. The fourth-order valence-electron chi connectivity index (χ4n) is 4.65. The minimum atomic E-state index is -3.75. The second-order valence-corrected chi connectivity index (χ2v) is 12.9. The lowest BCUT2D eigenvalue weighted by molar-refractivity contribution is 0.184. The number of carbonyl (C=O) groups is 1. The van der Waals surface area contributed by atoms with Crippen molar-refractivity contribution in [2.75, 3.05) is 43.4 Å². The molecular formula is C24H31N7O4S2. The van der Waals surface area contributed by atoms with Gasteiger partial charge in [0.25, 0.3) is 10.0 Å². The molecule has 1 aromatic carbocycles. The maximum absolute atomic E-state index is 13.2. The fraction of sp³-hybridized carbons (Fsp3) is 0.500. The number of nitrogens with zero attached hydrogens (tertiary/aromatic N) is 5. The molecule has 5 rings (SSSR count). The second-order valence-electron chi connectivity index (χ2n) is 9.75. The van der Waals surface area contributed by atoms with Crippen molar-refractivity contribution in [1.29, 1.82) is 0 Å². The normalized spacial score (nSPS) is 18.1. The Hall–Kier alpha value is -2.87. The minimum absolute atomic E-state index is 0.0550. The summed E-state index contributed by atoms with van der Waals surface area (Å²) in [7, 11) is -3.75. The largest absolute Gasteiger partial charge is 0.465 e. The van der Waals surface area contributed by atoms with Gasteiger partial charge in [-0.1, -0.05) is 23.5 Å². The van der Waals surface area contributed by atoms with E-state index in [1.807, 2.05) is 6.07 Å². The first kappa shape index (κ1) is 25.8. The number of carboxylic acid groups (broad SMARTS) is 1. The number of hydrogen-bond acceptors (Lipinski definition) is 9. The Kier molecular flexibility index (Phi) is 7.05. The summed E-state index contributed by atoms with van der Waals surface area (Å²) in [6.07, 6.45) is 0.999. The average Bonchev–Trinajstić information content (AvgIpc) is 3.62. The van der Waals surface area contributed by atoms with Gasteiger partial charge in [-0.3, -0.25) is 10.2 Å². The lowest BCUT2D eigenvalue weighted by atomic mass is 10.1. The monoisotopic (exact) mass is 545 g/mol. The van der Waals surface area contributed by atoms with Gasteiger partial charge in [-0.2, -0.15) is 4.31 Å². The van der Waals surface area contributed by atoms with E-state index in [2.05, 4.69) is 46.5 Å². The Bertz CT molecular complexity index is 1430. The van der Waals surface area contributed by atoms with E-state index in [0.29, 0.717) is 37.8 Å². The number of thiazole rings is 1. The highest BCUT2D eigenvalue weighted by molar-refractivity contribution is 7.91. The molecule has 1 saturated carbocycles. The van der Waals surface area contributed by atoms with Crippen LogP contribution in [0, 0.1) is 13.8 Å². The highest BCUT2D eigenvalue weighted by Gasteiger charge is 2.33. The fourth-order valence-corrected chi connectivity index (χ4v) is 7.61. The molecule has 1 aliphatic carbocycles. The number of benzene rings is 1. The zero-order chi connectivity index (χ0) is 26.3. The van der Waals surface area contributed by atoms with Crippen LogP contribution in [0.5, 0.6) is 0 Å². The molecule has 3 N–H and O–H groups in total. The number of sulfonamides is 1. The van der Waals surface area contributed by atoms with E-state index < -0.39 is 16.1 Å². The standard InChI is InChI=1S/C24H31N7O4S2/c1-14-5-4-6-18-19(14)27-20(17-7-8-17)28-21(18)25-15(2)13-30-9-11-31(12-10-30)37(34,35)22-16(3)26-23(36-22)29-24(32)33/h4-6,15,17H,7-13H2,1-3H3,(H,26,29)(H,32,33)(H,25,27,28)/t15-/m0/s1. The van der Waals surface area contributed by atoms with Gasteiger partial charge in [0, 0.05) is 50.1 Å². The lowest BCUT2D eigenvalue weighted by Crippen LogP contribution is -2.50. The predicted octanol–water partition coefficient (Wildman–Crippen LogP) is 3.48. The van der Waals surface area contributed by atoms with Crippen LogP contribution in [0.3, 0.4) is 0 Å². The Morgan fingerprint density at radius 2 is 1.89 bits per heavy atom. The number of hydrogen-bond donors (Lipinski definition) is 3. The van der Waals surface area contributed by atoms with Crippen molar-refractivity contribution >= 4 is 49.3 Å². The van der Waals surface area contributed by atoms with Crippen molar-refractivity contribution in [3.8, 4) is 0 Å². The number of rotatable bonds is 8. The summed E-state index contributed by atoms with van der Waals surface area (Å²) in [6.45, 7) is 8.42. The first-order chi connectivity index (χ1) is 17.6. The molecule has 1 saturated heterocycles. The molecule has 198 valence electrons. The third kappa shape index (κ3) is 5.54. The van der Waals surface area contributed by atoms with Gasteiger partial charge in [0.1, 0.15) is 11.6 Å². The SMILES string of the molecule is Cc1nc(NC(=O)O)sc1S(=O)(=O)N1CCN(C[C@H](C)Nc2nc(C3CC3)nc3c(C)cccc23)CC1. The summed E-state index contributed by atoms with van der Waals surface area (Å²) in [5.74, 6) is 2.22. The van der Waals surface area contributed by atoms with E-state index >= 15 is 0 Å². The number of aromatic nitrogens is 3. The molecule has 11 nitrogen and oxygen atoms in total. The highest BCUT2D eigenvalue weighted by atomic mass is 32.2. The zero-order valence-electron chi connectivity index (χ0n) is 21.1. The van der Waals surface area contributed by atoms with Gasteiger partial charge in [-0.25, -0.2) is 28.2 Å². The van der Waals surface area contributed by atoms with Gasteiger partial charge in [-0.15, -0.1) is 0 Å². The maximum Gasteiger partial charge on any atom is 0.410 e. The van der Waals surface area contributed by atoms with E-state index in [1.54, 1.807) is 6.92 Å². The summed E-state index contributed by atoms with van der Waals surface area (Å²) in [4.78, 5) is 26.9. The molecule has 0 radical (unpaired) electrons. The van der Waals surface area contributed by atoms with Crippen LogP contribution >= 0.6 is 11.3 Å². The van der Waals surface area contributed by atoms with E-state index in [9.17, 15) is 13.2 Å². The third-order valence-corrected chi connectivity index (χ3v) is 10.2. The molecule has 1 aliphatic heterocycles. The summed E-state index contributed by atoms with van der Waals surface area (Å²) in [6, 6.07) is 6.25. The van der Waals surface area contributed by atoms with Crippen molar-refractivity contribution in [1.82, 2.24) is 24.2 Å². The van der Waals surface area contributed by atoms with Crippen LogP contribution in [0.25, 0.3) is 10.9 Å². The summed E-state index contributed by atoms with van der Waals surface area (Å²) < 4.78 is 27.9. The van der Waals surface area contributed by atoms with E-state index in [4.69, 9.17) is 15.1 Å². The van der Waals surface area contributed by atoms with Gasteiger partial charge in [0.2, 0.25) is 0 Å². The van der Waals surface area contributed by atoms with Gasteiger partial charge < -0.3 is 10.4 Å². The van der Waals surface area contributed by atoms with Crippen LogP contribution in [-0.2, 0) is 10.0 Å². The molecule has 0 unspecified atom stereocenters.